The van der Waals surface area contributed by atoms with Gasteiger partial charge in [0.1, 0.15) is 16.3 Å². The van der Waals surface area contributed by atoms with Crippen LogP contribution >= 0.6 is 11.3 Å². The number of aromatic amines is 1. The number of benzene rings is 2. The molecular formula is C23H23FN2O2S. The number of ether oxygens (including phenoxy) is 1. The molecule has 0 unspecified atom stereocenters. The number of H-pyrrole nitrogens is 1. The molecular weight excluding hydrogens is 387 g/mol. The molecule has 0 amide bonds. The van der Waals surface area contributed by atoms with Crippen LogP contribution in [-0.4, -0.2) is 18.1 Å². The quantitative estimate of drug-likeness (QED) is 0.476. The molecule has 4 aromatic rings. The van der Waals surface area contributed by atoms with E-state index in [0.717, 1.165) is 16.3 Å². The summed E-state index contributed by atoms with van der Waals surface area (Å²) in [5.74, 6) is 0.355. The van der Waals surface area contributed by atoms with Crippen molar-refractivity contribution in [2.75, 3.05) is 13.2 Å². The van der Waals surface area contributed by atoms with E-state index in [4.69, 9.17) is 10.5 Å². The molecule has 0 saturated carbocycles. The first-order valence-electron chi connectivity index (χ1n) is 9.57. The van der Waals surface area contributed by atoms with Crippen LogP contribution in [0.1, 0.15) is 26.3 Å². The Morgan fingerprint density at radius 1 is 1.21 bits per heavy atom. The Morgan fingerprint density at radius 3 is 2.69 bits per heavy atom. The van der Waals surface area contributed by atoms with E-state index in [2.05, 4.69) is 4.98 Å². The zero-order valence-corrected chi connectivity index (χ0v) is 17.5. The standard InChI is InChI=1S/C23H23FN2O2S/c1-4-28-18-8-7-17-20(14-9-10-29-21(14)22(27)26-17)19(18)13-5-6-15(16(24)11-13)23(2,3)12-25/h5-11H,4,12,25H2,1-3H3,(H,26,27). The van der Waals surface area contributed by atoms with Gasteiger partial charge in [-0.15, -0.1) is 11.3 Å². The van der Waals surface area contributed by atoms with Gasteiger partial charge >= 0.3 is 0 Å². The molecule has 4 rings (SSSR count). The van der Waals surface area contributed by atoms with Gasteiger partial charge in [0.25, 0.3) is 5.56 Å². The van der Waals surface area contributed by atoms with Gasteiger partial charge in [-0.2, -0.15) is 0 Å². The van der Waals surface area contributed by atoms with E-state index in [9.17, 15) is 4.79 Å². The fraction of sp³-hybridized carbons (Fsp3) is 0.261. The van der Waals surface area contributed by atoms with Gasteiger partial charge in [0, 0.05) is 33.8 Å². The summed E-state index contributed by atoms with van der Waals surface area (Å²) in [7, 11) is 0. The molecule has 0 spiro atoms. The van der Waals surface area contributed by atoms with Crippen LogP contribution in [0, 0.1) is 5.82 Å². The van der Waals surface area contributed by atoms with Crippen molar-refractivity contribution in [3.05, 3.63) is 63.5 Å². The van der Waals surface area contributed by atoms with Crippen molar-refractivity contribution in [1.29, 1.82) is 0 Å². The van der Waals surface area contributed by atoms with Crippen LogP contribution in [0.25, 0.3) is 32.1 Å². The molecule has 0 radical (unpaired) electrons. The minimum atomic E-state index is -0.462. The minimum absolute atomic E-state index is 0.121. The van der Waals surface area contributed by atoms with Crippen LogP contribution in [0.4, 0.5) is 4.39 Å². The molecule has 29 heavy (non-hydrogen) atoms. The summed E-state index contributed by atoms with van der Waals surface area (Å²) in [6.07, 6.45) is 0. The highest BCUT2D eigenvalue weighted by molar-refractivity contribution is 7.17. The van der Waals surface area contributed by atoms with Crippen LogP contribution in [0.3, 0.4) is 0 Å². The minimum Gasteiger partial charge on any atom is -0.493 e. The largest absolute Gasteiger partial charge is 0.493 e. The van der Waals surface area contributed by atoms with Crippen molar-refractivity contribution in [2.45, 2.75) is 26.2 Å². The summed E-state index contributed by atoms with van der Waals surface area (Å²) < 4.78 is 21.6. The fourth-order valence-electron chi connectivity index (χ4n) is 3.72. The van der Waals surface area contributed by atoms with Crippen LogP contribution in [0.15, 0.2) is 46.6 Å². The van der Waals surface area contributed by atoms with Crippen molar-refractivity contribution in [3.63, 3.8) is 0 Å². The predicted octanol–water partition coefficient (Wildman–Crippen LogP) is 5.18. The highest BCUT2D eigenvalue weighted by Crippen LogP contribution is 2.41. The second-order valence-electron chi connectivity index (χ2n) is 7.69. The zero-order chi connectivity index (χ0) is 20.8. The SMILES string of the molecule is CCOc1ccc2[nH]c(=O)c3sccc3c2c1-c1ccc(C(C)(C)CN)c(F)c1. The summed E-state index contributed by atoms with van der Waals surface area (Å²) >= 11 is 1.39. The third kappa shape index (κ3) is 3.22. The third-order valence-electron chi connectivity index (χ3n) is 5.35. The van der Waals surface area contributed by atoms with Crippen molar-refractivity contribution >= 4 is 32.3 Å². The van der Waals surface area contributed by atoms with Gasteiger partial charge in [-0.05, 0) is 47.7 Å². The van der Waals surface area contributed by atoms with Crippen LogP contribution in [0.5, 0.6) is 5.75 Å². The molecule has 6 heteroatoms. The molecule has 3 N–H and O–H groups in total. The van der Waals surface area contributed by atoms with E-state index in [1.807, 2.05) is 50.4 Å². The predicted molar refractivity (Wildman–Crippen MR) is 119 cm³/mol. The van der Waals surface area contributed by atoms with E-state index in [1.54, 1.807) is 6.07 Å². The molecule has 0 saturated heterocycles. The molecule has 0 fully saturated rings. The Hall–Kier alpha value is -2.70. The highest BCUT2D eigenvalue weighted by Gasteiger charge is 2.24. The Kier molecular flexibility index (Phi) is 4.92. The summed E-state index contributed by atoms with van der Waals surface area (Å²) in [6, 6.07) is 10.8. The number of thiophene rings is 1. The number of nitrogens with one attached hydrogen (secondary N) is 1. The number of pyridine rings is 1. The third-order valence-corrected chi connectivity index (χ3v) is 6.27. The van der Waals surface area contributed by atoms with Gasteiger partial charge in [-0.3, -0.25) is 4.79 Å². The first kappa shape index (κ1) is 19.6. The lowest BCUT2D eigenvalue weighted by Crippen LogP contribution is -2.29. The Labute approximate surface area is 172 Å². The van der Waals surface area contributed by atoms with Gasteiger partial charge in [0.2, 0.25) is 0 Å². The Bertz CT molecular complexity index is 1270. The lowest BCUT2D eigenvalue weighted by Gasteiger charge is -2.24. The summed E-state index contributed by atoms with van der Waals surface area (Å²) in [4.78, 5) is 15.4. The number of halogens is 1. The highest BCUT2D eigenvalue weighted by atomic mass is 32.1. The topological polar surface area (TPSA) is 68.1 Å². The monoisotopic (exact) mass is 410 g/mol. The maximum absolute atomic E-state index is 15.1. The Morgan fingerprint density at radius 2 is 2.00 bits per heavy atom. The summed E-state index contributed by atoms with van der Waals surface area (Å²) in [5.41, 5.74) is 8.02. The molecule has 0 bridgehead atoms. The maximum Gasteiger partial charge on any atom is 0.266 e. The molecule has 0 aliphatic carbocycles. The first-order chi connectivity index (χ1) is 13.9. The van der Waals surface area contributed by atoms with Crippen molar-refractivity contribution < 1.29 is 9.13 Å². The normalized spacial score (nSPS) is 12.0. The molecule has 2 heterocycles. The lowest BCUT2D eigenvalue weighted by molar-refractivity contribution is 0.342. The summed E-state index contributed by atoms with van der Waals surface area (Å²) in [5, 5.41) is 3.60. The average molecular weight is 411 g/mol. The zero-order valence-electron chi connectivity index (χ0n) is 16.6. The molecule has 4 nitrogen and oxygen atoms in total. The lowest BCUT2D eigenvalue weighted by atomic mass is 9.83. The van der Waals surface area contributed by atoms with E-state index >= 15 is 4.39 Å². The molecule has 0 aliphatic rings. The van der Waals surface area contributed by atoms with Gasteiger partial charge < -0.3 is 15.5 Å². The van der Waals surface area contributed by atoms with Gasteiger partial charge in [0.05, 0.1) is 6.61 Å². The van der Waals surface area contributed by atoms with Crippen molar-refractivity contribution in [3.8, 4) is 16.9 Å². The maximum atomic E-state index is 15.1. The van der Waals surface area contributed by atoms with E-state index in [0.29, 0.717) is 40.2 Å². The number of hydrogen-bond acceptors (Lipinski definition) is 4. The number of hydrogen-bond donors (Lipinski definition) is 2. The number of rotatable bonds is 5. The van der Waals surface area contributed by atoms with Gasteiger partial charge in [-0.25, -0.2) is 4.39 Å². The number of aromatic nitrogens is 1. The molecule has 2 aromatic carbocycles. The first-order valence-corrected chi connectivity index (χ1v) is 10.4. The van der Waals surface area contributed by atoms with E-state index in [-0.39, 0.29) is 11.4 Å². The van der Waals surface area contributed by atoms with Crippen molar-refractivity contribution in [1.82, 2.24) is 4.98 Å². The second-order valence-corrected chi connectivity index (χ2v) is 8.61. The molecule has 0 atom stereocenters. The van der Waals surface area contributed by atoms with Crippen LogP contribution in [0.2, 0.25) is 0 Å². The average Bonchev–Trinajstić information content (AvgIpc) is 3.19. The van der Waals surface area contributed by atoms with Crippen LogP contribution < -0.4 is 16.0 Å². The number of nitrogens with two attached hydrogens (primary N) is 1. The summed E-state index contributed by atoms with van der Waals surface area (Å²) in [6.45, 7) is 6.59. The molecule has 150 valence electrons. The van der Waals surface area contributed by atoms with Crippen molar-refractivity contribution in [2.24, 2.45) is 5.73 Å². The van der Waals surface area contributed by atoms with Crippen LogP contribution in [-0.2, 0) is 5.41 Å². The molecule has 2 aromatic heterocycles. The Balaban J connectivity index is 2.06. The number of fused-ring (bicyclic) bond motifs is 3. The van der Waals surface area contributed by atoms with E-state index < -0.39 is 5.41 Å². The smallest absolute Gasteiger partial charge is 0.266 e. The molecule has 0 aliphatic heterocycles. The van der Waals surface area contributed by atoms with Gasteiger partial charge in [-0.1, -0.05) is 26.0 Å². The van der Waals surface area contributed by atoms with Gasteiger partial charge in [0.15, 0.2) is 0 Å². The fourth-order valence-corrected chi connectivity index (χ4v) is 4.52. The second kappa shape index (κ2) is 7.28. The van der Waals surface area contributed by atoms with E-state index in [1.165, 1.54) is 17.4 Å².